The van der Waals surface area contributed by atoms with E-state index in [1.807, 2.05) is 6.92 Å². The maximum absolute atomic E-state index is 10.2. The first-order valence-corrected chi connectivity index (χ1v) is 7.19. The van der Waals surface area contributed by atoms with E-state index in [1.54, 1.807) is 35.6 Å². The number of thiophene rings is 1. The van der Waals surface area contributed by atoms with E-state index < -0.39 is 6.10 Å². The van der Waals surface area contributed by atoms with Crippen molar-refractivity contribution >= 4 is 11.3 Å². The largest absolute Gasteiger partial charge is 0.508 e. The molecule has 3 N–H and O–H groups in total. The zero-order chi connectivity index (χ0) is 13.8. The number of benzene rings is 1. The van der Waals surface area contributed by atoms with Gasteiger partial charge in [-0.05, 0) is 48.6 Å². The highest BCUT2D eigenvalue weighted by atomic mass is 32.1. The van der Waals surface area contributed by atoms with Crippen LogP contribution in [0.1, 0.15) is 29.0 Å². The minimum atomic E-state index is -0.583. The molecule has 0 bridgehead atoms. The summed E-state index contributed by atoms with van der Waals surface area (Å²) in [7, 11) is 0. The average Bonchev–Trinajstić information content (AvgIpc) is 2.81. The van der Waals surface area contributed by atoms with Gasteiger partial charge in [0.2, 0.25) is 0 Å². The second-order valence-electron chi connectivity index (χ2n) is 4.73. The molecular weight excluding hydrogens is 258 g/mol. The van der Waals surface area contributed by atoms with Gasteiger partial charge in [0.15, 0.2) is 0 Å². The third kappa shape index (κ3) is 3.56. The molecule has 1 aromatic carbocycles. The summed E-state index contributed by atoms with van der Waals surface area (Å²) in [5.41, 5.74) is 2.09. The van der Waals surface area contributed by atoms with E-state index in [2.05, 4.69) is 23.7 Å². The Balaban J connectivity index is 1.94. The van der Waals surface area contributed by atoms with Crippen LogP contribution in [0.2, 0.25) is 0 Å². The summed E-state index contributed by atoms with van der Waals surface area (Å²) in [6.07, 6.45) is -0.583. The standard InChI is InChI=1S/C15H19NO2S/c1-10-7-8-19-14(10)9-16-11(2)15(18)12-3-5-13(17)6-4-12/h3-8,11,15-18H,9H2,1-2H3/t11-,15-/m0/s1. The van der Waals surface area contributed by atoms with E-state index in [9.17, 15) is 10.2 Å². The second kappa shape index (κ2) is 6.19. The molecule has 0 aliphatic carbocycles. The molecular formula is C15H19NO2S. The van der Waals surface area contributed by atoms with Crippen molar-refractivity contribution in [3.8, 4) is 5.75 Å². The molecule has 0 aliphatic rings. The summed E-state index contributed by atoms with van der Waals surface area (Å²) < 4.78 is 0. The monoisotopic (exact) mass is 277 g/mol. The average molecular weight is 277 g/mol. The Kier molecular flexibility index (Phi) is 4.58. The fourth-order valence-corrected chi connectivity index (χ4v) is 2.77. The number of hydrogen-bond donors (Lipinski definition) is 3. The molecule has 0 saturated heterocycles. The highest BCUT2D eigenvalue weighted by molar-refractivity contribution is 7.10. The number of phenolic OH excluding ortho intramolecular Hbond substituents is 1. The summed E-state index contributed by atoms with van der Waals surface area (Å²) in [6, 6.07) is 8.72. The summed E-state index contributed by atoms with van der Waals surface area (Å²) in [5, 5.41) is 24.9. The number of aliphatic hydroxyl groups is 1. The van der Waals surface area contributed by atoms with E-state index in [4.69, 9.17) is 0 Å². The van der Waals surface area contributed by atoms with Crippen LogP contribution in [0.5, 0.6) is 5.75 Å². The van der Waals surface area contributed by atoms with Gasteiger partial charge in [-0.1, -0.05) is 12.1 Å². The Morgan fingerprint density at radius 2 is 1.89 bits per heavy atom. The number of hydrogen-bond acceptors (Lipinski definition) is 4. The van der Waals surface area contributed by atoms with Crippen LogP contribution < -0.4 is 5.32 Å². The third-order valence-corrected chi connectivity index (χ3v) is 4.28. The Morgan fingerprint density at radius 3 is 2.47 bits per heavy atom. The Morgan fingerprint density at radius 1 is 1.21 bits per heavy atom. The lowest BCUT2D eigenvalue weighted by Crippen LogP contribution is -2.31. The lowest BCUT2D eigenvalue weighted by molar-refractivity contribution is 0.135. The van der Waals surface area contributed by atoms with Gasteiger partial charge in [-0.3, -0.25) is 0 Å². The maximum Gasteiger partial charge on any atom is 0.115 e. The van der Waals surface area contributed by atoms with Crippen LogP contribution in [0.3, 0.4) is 0 Å². The van der Waals surface area contributed by atoms with E-state index >= 15 is 0 Å². The van der Waals surface area contributed by atoms with Crippen molar-refractivity contribution in [1.82, 2.24) is 5.32 Å². The van der Waals surface area contributed by atoms with Crippen LogP contribution in [-0.4, -0.2) is 16.3 Å². The van der Waals surface area contributed by atoms with Crippen molar-refractivity contribution < 1.29 is 10.2 Å². The van der Waals surface area contributed by atoms with Crippen molar-refractivity contribution in [1.29, 1.82) is 0 Å². The van der Waals surface area contributed by atoms with Crippen LogP contribution in [0.15, 0.2) is 35.7 Å². The molecule has 102 valence electrons. The zero-order valence-electron chi connectivity index (χ0n) is 11.1. The Labute approximate surface area is 117 Å². The van der Waals surface area contributed by atoms with Gasteiger partial charge in [0, 0.05) is 17.5 Å². The summed E-state index contributed by atoms with van der Waals surface area (Å²) in [5.74, 6) is 0.214. The SMILES string of the molecule is Cc1ccsc1CN[C@@H](C)[C@H](O)c1ccc(O)cc1. The van der Waals surface area contributed by atoms with Crippen molar-refractivity contribution in [2.24, 2.45) is 0 Å². The summed E-state index contributed by atoms with van der Waals surface area (Å²) in [4.78, 5) is 1.30. The molecule has 2 aromatic rings. The van der Waals surface area contributed by atoms with E-state index in [1.165, 1.54) is 10.4 Å². The van der Waals surface area contributed by atoms with Gasteiger partial charge in [0.25, 0.3) is 0 Å². The smallest absolute Gasteiger partial charge is 0.115 e. The van der Waals surface area contributed by atoms with Gasteiger partial charge < -0.3 is 15.5 Å². The van der Waals surface area contributed by atoms with Crippen molar-refractivity contribution in [3.63, 3.8) is 0 Å². The predicted octanol–water partition coefficient (Wildman–Crippen LogP) is 2.97. The molecule has 0 amide bonds. The Bertz CT molecular complexity index is 521. The number of rotatable bonds is 5. The highest BCUT2D eigenvalue weighted by Crippen LogP contribution is 2.21. The predicted molar refractivity (Wildman–Crippen MR) is 78.4 cm³/mol. The first kappa shape index (κ1) is 14.1. The number of phenols is 1. The normalized spacial score (nSPS) is 14.3. The molecule has 1 aromatic heterocycles. The minimum Gasteiger partial charge on any atom is -0.508 e. The molecule has 0 fully saturated rings. The number of aromatic hydroxyl groups is 1. The molecule has 0 aliphatic heterocycles. The molecule has 0 saturated carbocycles. The lowest BCUT2D eigenvalue weighted by atomic mass is 10.0. The highest BCUT2D eigenvalue weighted by Gasteiger charge is 2.16. The van der Waals surface area contributed by atoms with E-state index in [0.717, 1.165) is 12.1 Å². The third-order valence-electron chi connectivity index (χ3n) is 3.26. The topological polar surface area (TPSA) is 52.5 Å². The molecule has 3 nitrogen and oxygen atoms in total. The first-order chi connectivity index (χ1) is 9.08. The van der Waals surface area contributed by atoms with Crippen LogP contribution in [0.25, 0.3) is 0 Å². The molecule has 19 heavy (non-hydrogen) atoms. The van der Waals surface area contributed by atoms with Crippen LogP contribution in [0, 0.1) is 6.92 Å². The molecule has 0 spiro atoms. The van der Waals surface area contributed by atoms with Crippen molar-refractivity contribution in [2.75, 3.05) is 0 Å². The summed E-state index contributed by atoms with van der Waals surface area (Å²) in [6.45, 7) is 4.81. The quantitative estimate of drug-likeness (QED) is 0.787. The van der Waals surface area contributed by atoms with Gasteiger partial charge >= 0.3 is 0 Å². The number of nitrogens with one attached hydrogen (secondary N) is 1. The van der Waals surface area contributed by atoms with Crippen LogP contribution in [0.4, 0.5) is 0 Å². The van der Waals surface area contributed by atoms with Gasteiger partial charge in [-0.2, -0.15) is 0 Å². The second-order valence-corrected chi connectivity index (χ2v) is 5.73. The van der Waals surface area contributed by atoms with Crippen LogP contribution >= 0.6 is 11.3 Å². The molecule has 1 heterocycles. The Hall–Kier alpha value is -1.36. The van der Waals surface area contributed by atoms with Gasteiger partial charge in [0.1, 0.15) is 5.75 Å². The van der Waals surface area contributed by atoms with Crippen LogP contribution in [-0.2, 0) is 6.54 Å². The van der Waals surface area contributed by atoms with Gasteiger partial charge in [0.05, 0.1) is 6.10 Å². The van der Waals surface area contributed by atoms with Crippen molar-refractivity contribution in [2.45, 2.75) is 32.5 Å². The number of aliphatic hydroxyl groups excluding tert-OH is 1. The molecule has 2 atom stereocenters. The minimum absolute atomic E-state index is 0.0500. The fourth-order valence-electron chi connectivity index (χ4n) is 1.91. The van der Waals surface area contributed by atoms with Gasteiger partial charge in [-0.15, -0.1) is 11.3 Å². The van der Waals surface area contributed by atoms with Crippen molar-refractivity contribution in [3.05, 3.63) is 51.7 Å². The molecule has 4 heteroatoms. The number of aryl methyl sites for hydroxylation is 1. The molecule has 2 rings (SSSR count). The molecule has 0 radical (unpaired) electrons. The maximum atomic E-state index is 10.2. The fraction of sp³-hybridized carbons (Fsp3) is 0.333. The van der Waals surface area contributed by atoms with E-state index in [0.29, 0.717) is 0 Å². The first-order valence-electron chi connectivity index (χ1n) is 6.31. The zero-order valence-corrected chi connectivity index (χ0v) is 11.9. The summed E-state index contributed by atoms with van der Waals surface area (Å²) >= 11 is 1.72. The lowest BCUT2D eigenvalue weighted by Gasteiger charge is -2.20. The molecule has 0 unspecified atom stereocenters. The van der Waals surface area contributed by atoms with Gasteiger partial charge in [-0.25, -0.2) is 0 Å². The van der Waals surface area contributed by atoms with E-state index in [-0.39, 0.29) is 11.8 Å².